The summed E-state index contributed by atoms with van der Waals surface area (Å²) < 4.78 is 1.78. The zero-order chi connectivity index (χ0) is 20.8. The van der Waals surface area contributed by atoms with Crippen molar-refractivity contribution in [1.82, 2.24) is 20.0 Å². The summed E-state index contributed by atoms with van der Waals surface area (Å²) in [5.74, 6) is -0.848. The molecule has 2 aliphatic heterocycles. The second kappa shape index (κ2) is 6.95. The summed E-state index contributed by atoms with van der Waals surface area (Å²) in [6.07, 6.45) is 2.58. The maximum absolute atomic E-state index is 12.9. The standard InChI is InChI=1S/C23H20N4O3/c1-26-13-18(21(25-26)14-5-3-2-4-6-14)15-7-8-17-16(11-15)12-27(23(17)30)19-9-10-20(28)24-22(19)29/h2-8,11,13,19H,9-10,12H2,1H3,(H,24,28,29). The van der Waals surface area contributed by atoms with Crippen LogP contribution in [-0.4, -0.2) is 38.4 Å². The molecule has 0 spiro atoms. The van der Waals surface area contributed by atoms with Gasteiger partial charge in [0.2, 0.25) is 11.8 Å². The molecule has 0 bridgehead atoms. The molecule has 2 aliphatic rings. The first-order valence-corrected chi connectivity index (χ1v) is 9.88. The number of carbonyl (C=O) groups excluding carboxylic acids is 3. The van der Waals surface area contributed by atoms with Gasteiger partial charge >= 0.3 is 0 Å². The molecular weight excluding hydrogens is 380 g/mol. The third kappa shape index (κ3) is 2.99. The number of hydrogen-bond donors (Lipinski definition) is 1. The number of aryl methyl sites for hydroxylation is 1. The molecule has 7 heteroatoms. The SMILES string of the molecule is Cn1cc(-c2ccc3c(c2)CN(C2CCC(=O)NC2=O)C3=O)c(-c2ccccc2)n1. The Morgan fingerprint density at radius 3 is 2.57 bits per heavy atom. The van der Waals surface area contributed by atoms with Crippen molar-refractivity contribution in [1.29, 1.82) is 0 Å². The maximum atomic E-state index is 12.9. The third-order valence-corrected chi connectivity index (χ3v) is 5.71. The fraction of sp³-hybridized carbons (Fsp3) is 0.217. The van der Waals surface area contributed by atoms with Crippen LogP contribution < -0.4 is 5.32 Å². The lowest BCUT2D eigenvalue weighted by Crippen LogP contribution is -2.52. The Kier molecular flexibility index (Phi) is 4.24. The average Bonchev–Trinajstić information content (AvgIpc) is 3.29. The van der Waals surface area contributed by atoms with Crippen molar-refractivity contribution >= 4 is 17.7 Å². The van der Waals surface area contributed by atoms with E-state index in [1.807, 2.05) is 61.8 Å². The van der Waals surface area contributed by atoms with Crippen molar-refractivity contribution in [3.8, 4) is 22.4 Å². The normalized spacial score (nSPS) is 18.5. The van der Waals surface area contributed by atoms with Gasteiger partial charge in [0.1, 0.15) is 11.7 Å². The van der Waals surface area contributed by atoms with Crippen LogP contribution in [0.5, 0.6) is 0 Å². The maximum Gasteiger partial charge on any atom is 0.255 e. The minimum absolute atomic E-state index is 0.166. The van der Waals surface area contributed by atoms with Crippen LogP contribution in [0.2, 0.25) is 0 Å². The molecule has 1 N–H and O–H groups in total. The van der Waals surface area contributed by atoms with Crippen LogP contribution in [0.25, 0.3) is 22.4 Å². The molecule has 150 valence electrons. The number of carbonyl (C=O) groups is 3. The second-order valence-corrected chi connectivity index (χ2v) is 7.70. The minimum Gasteiger partial charge on any atom is -0.322 e. The number of benzene rings is 2. The van der Waals surface area contributed by atoms with Crippen molar-refractivity contribution < 1.29 is 14.4 Å². The van der Waals surface area contributed by atoms with Gasteiger partial charge < -0.3 is 4.90 Å². The fourth-order valence-corrected chi connectivity index (χ4v) is 4.25. The van der Waals surface area contributed by atoms with E-state index in [0.29, 0.717) is 18.5 Å². The van der Waals surface area contributed by atoms with Gasteiger partial charge in [-0.3, -0.25) is 24.4 Å². The van der Waals surface area contributed by atoms with Gasteiger partial charge in [-0.05, 0) is 29.7 Å². The Morgan fingerprint density at radius 2 is 1.80 bits per heavy atom. The zero-order valence-electron chi connectivity index (χ0n) is 16.5. The van der Waals surface area contributed by atoms with Gasteiger partial charge in [-0.15, -0.1) is 0 Å². The van der Waals surface area contributed by atoms with Gasteiger partial charge in [0.05, 0.1) is 0 Å². The van der Waals surface area contributed by atoms with Crippen LogP contribution in [-0.2, 0) is 23.2 Å². The van der Waals surface area contributed by atoms with E-state index in [2.05, 4.69) is 10.4 Å². The molecule has 1 unspecified atom stereocenters. The second-order valence-electron chi connectivity index (χ2n) is 7.70. The molecule has 0 aliphatic carbocycles. The van der Waals surface area contributed by atoms with Gasteiger partial charge in [0.25, 0.3) is 5.91 Å². The van der Waals surface area contributed by atoms with Crippen LogP contribution in [0, 0.1) is 0 Å². The summed E-state index contributed by atoms with van der Waals surface area (Å²) in [6, 6.07) is 15.1. The topological polar surface area (TPSA) is 84.3 Å². The Hall–Kier alpha value is -3.74. The van der Waals surface area contributed by atoms with E-state index < -0.39 is 11.9 Å². The van der Waals surface area contributed by atoms with Crippen LogP contribution in [0.3, 0.4) is 0 Å². The molecule has 7 nitrogen and oxygen atoms in total. The van der Waals surface area contributed by atoms with Gasteiger partial charge in [0, 0.05) is 42.9 Å². The number of hydrogen-bond acceptors (Lipinski definition) is 4. The zero-order valence-corrected chi connectivity index (χ0v) is 16.5. The van der Waals surface area contributed by atoms with E-state index in [9.17, 15) is 14.4 Å². The molecular formula is C23H20N4O3. The number of rotatable bonds is 3. The molecule has 30 heavy (non-hydrogen) atoms. The monoisotopic (exact) mass is 400 g/mol. The highest BCUT2D eigenvalue weighted by molar-refractivity contribution is 6.05. The smallest absolute Gasteiger partial charge is 0.255 e. The quantitative estimate of drug-likeness (QED) is 0.685. The summed E-state index contributed by atoms with van der Waals surface area (Å²) >= 11 is 0. The van der Waals surface area contributed by atoms with Gasteiger partial charge in [0.15, 0.2) is 0 Å². The molecule has 3 aromatic rings. The fourth-order valence-electron chi connectivity index (χ4n) is 4.25. The highest BCUT2D eigenvalue weighted by Gasteiger charge is 2.39. The van der Waals surface area contributed by atoms with E-state index in [1.165, 1.54) is 0 Å². The number of nitrogens with one attached hydrogen (secondary N) is 1. The Labute approximate surface area is 173 Å². The lowest BCUT2D eigenvalue weighted by molar-refractivity contribution is -0.136. The number of amides is 3. The Morgan fingerprint density at radius 1 is 1.00 bits per heavy atom. The number of aromatic nitrogens is 2. The molecule has 1 fully saturated rings. The lowest BCUT2D eigenvalue weighted by Gasteiger charge is -2.29. The van der Waals surface area contributed by atoms with Crippen LogP contribution in [0.1, 0.15) is 28.8 Å². The predicted molar refractivity (Wildman–Crippen MR) is 110 cm³/mol. The summed E-state index contributed by atoms with van der Waals surface area (Å²) in [5.41, 5.74) is 5.34. The molecule has 5 rings (SSSR count). The Bertz CT molecular complexity index is 1180. The molecule has 3 heterocycles. The first-order valence-electron chi connectivity index (χ1n) is 9.88. The summed E-state index contributed by atoms with van der Waals surface area (Å²) in [7, 11) is 1.89. The minimum atomic E-state index is -0.607. The van der Waals surface area contributed by atoms with Gasteiger partial charge in [-0.1, -0.05) is 36.4 Å². The highest BCUT2D eigenvalue weighted by Crippen LogP contribution is 2.35. The van der Waals surface area contributed by atoms with E-state index in [4.69, 9.17) is 0 Å². The van der Waals surface area contributed by atoms with Crippen LogP contribution in [0.15, 0.2) is 54.7 Å². The molecule has 1 aromatic heterocycles. The molecule has 3 amide bonds. The first kappa shape index (κ1) is 18.3. The summed E-state index contributed by atoms with van der Waals surface area (Å²) in [5, 5.41) is 6.96. The number of piperidine rings is 1. The number of fused-ring (bicyclic) bond motifs is 1. The Balaban J connectivity index is 1.49. The lowest BCUT2D eigenvalue weighted by atomic mass is 9.98. The molecule has 0 radical (unpaired) electrons. The van der Waals surface area contributed by atoms with Crippen LogP contribution >= 0.6 is 0 Å². The van der Waals surface area contributed by atoms with Crippen molar-refractivity contribution in [2.24, 2.45) is 7.05 Å². The average molecular weight is 400 g/mol. The number of imide groups is 1. The molecule has 1 saturated heterocycles. The summed E-state index contributed by atoms with van der Waals surface area (Å²) in [4.78, 5) is 38.2. The van der Waals surface area contributed by atoms with E-state index in [1.54, 1.807) is 9.58 Å². The van der Waals surface area contributed by atoms with Crippen molar-refractivity contribution in [2.45, 2.75) is 25.4 Å². The van der Waals surface area contributed by atoms with Gasteiger partial charge in [-0.2, -0.15) is 5.10 Å². The van der Waals surface area contributed by atoms with E-state index >= 15 is 0 Å². The van der Waals surface area contributed by atoms with E-state index in [-0.39, 0.29) is 18.2 Å². The third-order valence-electron chi connectivity index (χ3n) is 5.71. The summed E-state index contributed by atoms with van der Waals surface area (Å²) in [6.45, 7) is 0.356. The van der Waals surface area contributed by atoms with E-state index in [0.717, 1.165) is 27.9 Å². The van der Waals surface area contributed by atoms with Crippen LogP contribution in [0.4, 0.5) is 0 Å². The predicted octanol–water partition coefficient (Wildman–Crippen LogP) is 2.52. The van der Waals surface area contributed by atoms with Crippen molar-refractivity contribution in [2.75, 3.05) is 0 Å². The highest BCUT2D eigenvalue weighted by atomic mass is 16.2. The largest absolute Gasteiger partial charge is 0.322 e. The number of nitrogens with zero attached hydrogens (tertiary/aromatic N) is 3. The first-order chi connectivity index (χ1) is 14.5. The van der Waals surface area contributed by atoms with Gasteiger partial charge in [-0.25, -0.2) is 0 Å². The molecule has 2 aromatic carbocycles. The van der Waals surface area contributed by atoms with Crippen molar-refractivity contribution in [3.63, 3.8) is 0 Å². The molecule has 0 saturated carbocycles. The van der Waals surface area contributed by atoms with Crippen molar-refractivity contribution in [3.05, 3.63) is 65.9 Å². The molecule has 1 atom stereocenters.